The molecule has 1 aliphatic carbocycles. The number of benzene rings is 1. The fourth-order valence-corrected chi connectivity index (χ4v) is 4.29. The van der Waals surface area contributed by atoms with Crippen molar-refractivity contribution in [1.82, 2.24) is 5.32 Å². The Kier molecular flexibility index (Phi) is 8.01. The first kappa shape index (κ1) is 22.1. The van der Waals surface area contributed by atoms with E-state index in [1.54, 1.807) is 11.8 Å². The van der Waals surface area contributed by atoms with Gasteiger partial charge < -0.3 is 20.3 Å². The van der Waals surface area contributed by atoms with Gasteiger partial charge in [-0.2, -0.15) is 0 Å². The van der Waals surface area contributed by atoms with E-state index in [9.17, 15) is 15.0 Å². The second-order valence-electron chi connectivity index (χ2n) is 8.38. The van der Waals surface area contributed by atoms with Gasteiger partial charge in [0.2, 0.25) is 0 Å². The van der Waals surface area contributed by atoms with Crippen LogP contribution >= 0.6 is 11.8 Å². The maximum Gasteiger partial charge on any atom is 0.407 e. The molecule has 3 N–H and O–H groups in total. The lowest BCUT2D eigenvalue weighted by atomic mass is 9.86. The summed E-state index contributed by atoms with van der Waals surface area (Å²) in [6.45, 7) is 5.78. The molecule has 0 bridgehead atoms. The predicted molar refractivity (Wildman–Crippen MR) is 109 cm³/mol. The number of aliphatic hydroxyl groups is 2. The first-order valence-corrected chi connectivity index (χ1v) is 10.8. The summed E-state index contributed by atoms with van der Waals surface area (Å²) in [6, 6.07) is 7.78. The van der Waals surface area contributed by atoms with Crippen LogP contribution in [0.25, 0.3) is 0 Å². The molecule has 1 amide bonds. The van der Waals surface area contributed by atoms with Crippen molar-refractivity contribution in [3.8, 4) is 0 Å². The van der Waals surface area contributed by atoms with Crippen molar-refractivity contribution in [1.29, 1.82) is 0 Å². The second kappa shape index (κ2) is 9.80. The van der Waals surface area contributed by atoms with E-state index >= 15 is 0 Å². The molecule has 152 valence electrons. The highest BCUT2D eigenvalue weighted by atomic mass is 32.2. The van der Waals surface area contributed by atoms with Crippen molar-refractivity contribution in [2.75, 3.05) is 12.3 Å². The van der Waals surface area contributed by atoms with Gasteiger partial charge in [0.25, 0.3) is 0 Å². The fourth-order valence-electron chi connectivity index (χ4n) is 3.18. The van der Waals surface area contributed by atoms with Gasteiger partial charge in [-0.1, -0.05) is 31.4 Å². The van der Waals surface area contributed by atoms with E-state index in [4.69, 9.17) is 4.74 Å². The Morgan fingerprint density at radius 2 is 2.00 bits per heavy atom. The molecular weight excluding hydrogens is 362 g/mol. The van der Waals surface area contributed by atoms with Crippen LogP contribution in [0.15, 0.2) is 29.2 Å². The van der Waals surface area contributed by atoms with Crippen LogP contribution in [0.4, 0.5) is 4.79 Å². The van der Waals surface area contributed by atoms with Crippen LogP contribution in [0.5, 0.6) is 0 Å². The number of hydrogen-bond acceptors (Lipinski definition) is 5. The predicted octanol–water partition coefficient (Wildman–Crippen LogP) is 4.42. The van der Waals surface area contributed by atoms with E-state index in [1.165, 1.54) is 6.42 Å². The maximum atomic E-state index is 11.7. The van der Waals surface area contributed by atoms with Gasteiger partial charge in [0.05, 0.1) is 11.7 Å². The van der Waals surface area contributed by atoms with Gasteiger partial charge in [-0.05, 0) is 57.7 Å². The van der Waals surface area contributed by atoms with Crippen LogP contribution in [0, 0.1) is 0 Å². The molecule has 0 saturated heterocycles. The van der Waals surface area contributed by atoms with Gasteiger partial charge in [0.1, 0.15) is 5.60 Å². The maximum absolute atomic E-state index is 11.7. The first-order valence-electron chi connectivity index (χ1n) is 9.77. The molecule has 1 atom stereocenters. The number of hydrogen-bond donors (Lipinski definition) is 3. The van der Waals surface area contributed by atoms with Crippen molar-refractivity contribution < 1.29 is 19.7 Å². The summed E-state index contributed by atoms with van der Waals surface area (Å²) >= 11 is 1.64. The smallest absolute Gasteiger partial charge is 0.407 e. The van der Waals surface area contributed by atoms with Crippen molar-refractivity contribution in [2.45, 2.75) is 81.5 Å². The molecule has 6 heteroatoms. The molecule has 1 saturated carbocycles. The molecule has 1 aromatic rings. The van der Waals surface area contributed by atoms with E-state index in [1.807, 2.05) is 45.0 Å². The van der Waals surface area contributed by atoms with Crippen molar-refractivity contribution in [2.24, 2.45) is 0 Å². The molecule has 0 spiro atoms. The molecule has 0 heterocycles. The largest absolute Gasteiger partial charge is 0.444 e. The molecule has 1 fully saturated rings. The van der Waals surface area contributed by atoms with Crippen LogP contribution in [0.3, 0.4) is 0 Å². The monoisotopic (exact) mass is 395 g/mol. The number of amides is 1. The molecule has 5 nitrogen and oxygen atoms in total. The minimum absolute atomic E-state index is 0.340. The molecule has 1 unspecified atom stereocenters. The SMILES string of the molecule is CC(C)(C)OC(=O)NCCC(O)c1cccc(SCC2(O)CCCCC2)c1. The average molecular weight is 396 g/mol. The van der Waals surface area contributed by atoms with Crippen LogP contribution < -0.4 is 5.32 Å². The summed E-state index contributed by atoms with van der Waals surface area (Å²) in [5, 5.41) is 23.7. The number of nitrogens with one attached hydrogen (secondary N) is 1. The molecule has 0 aliphatic heterocycles. The number of ether oxygens (including phenoxy) is 1. The second-order valence-corrected chi connectivity index (χ2v) is 9.43. The minimum Gasteiger partial charge on any atom is -0.444 e. The van der Waals surface area contributed by atoms with Gasteiger partial charge in [-0.3, -0.25) is 0 Å². The van der Waals surface area contributed by atoms with Gasteiger partial charge in [0, 0.05) is 17.2 Å². The normalized spacial score (nSPS) is 18.0. The van der Waals surface area contributed by atoms with E-state index in [0.717, 1.165) is 36.1 Å². The summed E-state index contributed by atoms with van der Waals surface area (Å²) in [6.07, 6.45) is 4.44. The van der Waals surface area contributed by atoms with Gasteiger partial charge in [-0.25, -0.2) is 4.79 Å². The highest BCUT2D eigenvalue weighted by Gasteiger charge is 2.29. The summed E-state index contributed by atoms with van der Waals surface area (Å²) in [7, 11) is 0. The highest BCUT2D eigenvalue weighted by Crippen LogP contribution is 2.34. The third kappa shape index (κ3) is 8.11. The van der Waals surface area contributed by atoms with Gasteiger partial charge in [0.15, 0.2) is 0 Å². The number of aliphatic hydroxyl groups excluding tert-OH is 1. The number of alkyl carbamates (subject to hydrolysis) is 1. The molecule has 27 heavy (non-hydrogen) atoms. The third-order valence-corrected chi connectivity index (χ3v) is 5.89. The number of thioether (sulfide) groups is 1. The number of rotatable bonds is 7. The van der Waals surface area contributed by atoms with E-state index in [2.05, 4.69) is 5.32 Å². The van der Waals surface area contributed by atoms with Crippen molar-refractivity contribution in [3.05, 3.63) is 29.8 Å². The standard InChI is InChI=1S/C21H33NO4S/c1-20(2,3)26-19(24)22-13-10-18(23)16-8-7-9-17(14-16)27-15-21(25)11-5-4-6-12-21/h7-9,14,18,23,25H,4-6,10-13,15H2,1-3H3,(H,22,24). The number of carbonyl (C=O) groups excluding carboxylic acids is 1. The van der Waals surface area contributed by atoms with Gasteiger partial charge >= 0.3 is 6.09 Å². The van der Waals surface area contributed by atoms with E-state index < -0.39 is 23.4 Å². The fraction of sp³-hybridized carbons (Fsp3) is 0.667. The van der Waals surface area contributed by atoms with Crippen LogP contribution in [-0.4, -0.2) is 39.8 Å². The molecular formula is C21H33NO4S. The van der Waals surface area contributed by atoms with Crippen LogP contribution in [-0.2, 0) is 4.74 Å². The highest BCUT2D eigenvalue weighted by molar-refractivity contribution is 7.99. The molecule has 1 aromatic carbocycles. The summed E-state index contributed by atoms with van der Waals surface area (Å²) in [5.74, 6) is 0.687. The summed E-state index contributed by atoms with van der Waals surface area (Å²) in [4.78, 5) is 12.7. The van der Waals surface area contributed by atoms with Crippen LogP contribution in [0.2, 0.25) is 0 Å². The zero-order chi connectivity index (χ0) is 19.9. The Labute approximate surface area is 166 Å². The molecule has 0 aromatic heterocycles. The quantitative estimate of drug-likeness (QED) is 0.596. The molecule has 2 rings (SSSR count). The Hall–Kier alpha value is -1.24. The lowest BCUT2D eigenvalue weighted by Crippen LogP contribution is -2.33. The lowest BCUT2D eigenvalue weighted by molar-refractivity contribution is 0.0272. The molecule has 0 radical (unpaired) electrons. The Morgan fingerprint density at radius 3 is 2.67 bits per heavy atom. The minimum atomic E-state index is -0.654. The van der Waals surface area contributed by atoms with Crippen molar-refractivity contribution >= 4 is 17.9 Å². The van der Waals surface area contributed by atoms with E-state index in [0.29, 0.717) is 18.7 Å². The zero-order valence-electron chi connectivity index (χ0n) is 16.7. The summed E-state index contributed by atoms with van der Waals surface area (Å²) < 4.78 is 5.18. The third-order valence-electron chi connectivity index (χ3n) is 4.62. The summed E-state index contributed by atoms with van der Waals surface area (Å²) in [5.41, 5.74) is -0.271. The topological polar surface area (TPSA) is 78.8 Å². The Morgan fingerprint density at radius 1 is 1.30 bits per heavy atom. The van der Waals surface area contributed by atoms with Crippen LogP contribution in [0.1, 0.15) is 71.0 Å². The number of carbonyl (C=O) groups is 1. The molecule has 1 aliphatic rings. The Bertz CT molecular complexity index is 608. The van der Waals surface area contributed by atoms with E-state index in [-0.39, 0.29) is 0 Å². The lowest BCUT2D eigenvalue weighted by Gasteiger charge is -2.31. The zero-order valence-corrected chi connectivity index (χ0v) is 17.5. The van der Waals surface area contributed by atoms with Crippen molar-refractivity contribution in [3.63, 3.8) is 0 Å². The van der Waals surface area contributed by atoms with Gasteiger partial charge in [-0.15, -0.1) is 11.8 Å². The Balaban J connectivity index is 1.80. The average Bonchev–Trinajstić information content (AvgIpc) is 2.59. The first-order chi connectivity index (χ1) is 12.7.